The molecule has 2 N–H and O–H groups in total. The zero-order valence-corrected chi connectivity index (χ0v) is 13.5. The summed E-state index contributed by atoms with van der Waals surface area (Å²) in [7, 11) is 1.77. The zero-order chi connectivity index (χ0) is 15.8. The van der Waals surface area contributed by atoms with Crippen molar-refractivity contribution in [2.24, 2.45) is 11.1 Å². The van der Waals surface area contributed by atoms with Crippen LogP contribution < -0.4 is 5.73 Å². The Morgan fingerprint density at radius 1 is 1.43 bits per heavy atom. The van der Waals surface area contributed by atoms with Crippen molar-refractivity contribution in [1.82, 2.24) is 9.80 Å². The normalized spacial score (nSPS) is 32.6. The van der Waals surface area contributed by atoms with Crippen molar-refractivity contribution < 1.29 is 14.3 Å². The number of likely N-dealkylation sites (N-methyl/N-ethyl adjacent to an activating group) is 1. The van der Waals surface area contributed by atoms with Crippen LogP contribution in [0.25, 0.3) is 0 Å². The number of nitrogens with zero attached hydrogens (tertiary/aromatic N) is 2. The molecular weight excluding hydrogens is 270 g/mol. The summed E-state index contributed by atoms with van der Waals surface area (Å²) in [5.74, 6) is -0.143. The van der Waals surface area contributed by atoms with E-state index in [4.69, 9.17) is 10.5 Å². The largest absolute Gasteiger partial charge is 0.378 e. The first-order chi connectivity index (χ1) is 9.74. The average molecular weight is 297 g/mol. The summed E-state index contributed by atoms with van der Waals surface area (Å²) >= 11 is 0. The predicted molar refractivity (Wildman–Crippen MR) is 79.6 cm³/mol. The topological polar surface area (TPSA) is 75.9 Å². The highest BCUT2D eigenvalue weighted by atomic mass is 16.5. The van der Waals surface area contributed by atoms with Crippen molar-refractivity contribution >= 4 is 11.8 Å². The number of carbonyl (C=O) groups is 2. The first-order valence-corrected chi connectivity index (χ1v) is 7.68. The van der Waals surface area contributed by atoms with Gasteiger partial charge in [-0.25, -0.2) is 0 Å². The van der Waals surface area contributed by atoms with Crippen molar-refractivity contribution in [1.29, 1.82) is 0 Å². The third-order valence-corrected chi connectivity index (χ3v) is 5.17. The molecule has 1 aliphatic carbocycles. The van der Waals surface area contributed by atoms with E-state index >= 15 is 0 Å². The minimum Gasteiger partial charge on any atom is -0.378 e. The molecule has 2 atom stereocenters. The van der Waals surface area contributed by atoms with Gasteiger partial charge < -0.3 is 20.3 Å². The number of nitrogens with two attached hydrogens (primary N) is 1. The molecule has 2 amide bonds. The molecule has 0 aromatic carbocycles. The van der Waals surface area contributed by atoms with E-state index in [0.717, 1.165) is 6.42 Å². The maximum Gasteiger partial charge on any atom is 0.243 e. The molecule has 0 aromatic rings. The Bertz CT molecular complexity index is 438. The average Bonchev–Trinajstić information content (AvgIpc) is 2.60. The molecule has 0 spiro atoms. The molecule has 0 radical (unpaired) electrons. The Morgan fingerprint density at radius 3 is 2.67 bits per heavy atom. The van der Waals surface area contributed by atoms with Gasteiger partial charge in [0.25, 0.3) is 0 Å². The molecule has 1 heterocycles. The summed E-state index contributed by atoms with van der Waals surface area (Å²) in [5.41, 5.74) is 5.06. The minimum atomic E-state index is -0.934. The molecule has 2 fully saturated rings. The van der Waals surface area contributed by atoms with Crippen LogP contribution in [0.3, 0.4) is 0 Å². The second-order valence-corrected chi connectivity index (χ2v) is 6.74. The van der Waals surface area contributed by atoms with Gasteiger partial charge in [0.2, 0.25) is 11.8 Å². The second kappa shape index (κ2) is 5.57. The van der Waals surface area contributed by atoms with E-state index in [9.17, 15) is 9.59 Å². The summed E-state index contributed by atoms with van der Waals surface area (Å²) in [6, 6.07) is 0. The molecule has 2 unspecified atom stereocenters. The van der Waals surface area contributed by atoms with E-state index < -0.39 is 11.0 Å². The van der Waals surface area contributed by atoms with Crippen LogP contribution in [0, 0.1) is 5.41 Å². The quantitative estimate of drug-likeness (QED) is 0.808. The highest BCUT2D eigenvalue weighted by Gasteiger charge is 2.63. The monoisotopic (exact) mass is 297 g/mol. The van der Waals surface area contributed by atoms with Gasteiger partial charge in [0.15, 0.2) is 0 Å². The smallest absolute Gasteiger partial charge is 0.243 e. The van der Waals surface area contributed by atoms with Crippen molar-refractivity contribution in [3.63, 3.8) is 0 Å². The molecule has 0 bridgehead atoms. The molecule has 21 heavy (non-hydrogen) atoms. The lowest BCUT2D eigenvalue weighted by Gasteiger charge is -2.58. The maximum absolute atomic E-state index is 12.8. The van der Waals surface area contributed by atoms with Crippen LogP contribution in [0.2, 0.25) is 0 Å². The van der Waals surface area contributed by atoms with Crippen LogP contribution in [-0.2, 0) is 14.3 Å². The Kier molecular flexibility index (Phi) is 4.31. The lowest BCUT2D eigenvalue weighted by atomic mass is 9.54. The van der Waals surface area contributed by atoms with Gasteiger partial charge in [0.1, 0.15) is 5.54 Å². The fraction of sp³-hybridized carbons (Fsp3) is 0.867. The summed E-state index contributed by atoms with van der Waals surface area (Å²) in [4.78, 5) is 28.1. The SMILES string of the molecule is CCOC1CC(N)(C(=O)N2CCCN(C)C(=O)C2)C1(C)C. The van der Waals surface area contributed by atoms with Gasteiger partial charge in [-0.1, -0.05) is 13.8 Å². The van der Waals surface area contributed by atoms with Crippen molar-refractivity contribution in [3.05, 3.63) is 0 Å². The summed E-state index contributed by atoms with van der Waals surface area (Å²) in [6.45, 7) is 7.90. The number of hydrogen-bond acceptors (Lipinski definition) is 4. The molecule has 2 aliphatic rings. The number of hydrogen-bond donors (Lipinski definition) is 1. The van der Waals surface area contributed by atoms with Crippen LogP contribution >= 0.6 is 0 Å². The van der Waals surface area contributed by atoms with Crippen molar-refractivity contribution in [2.45, 2.75) is 45.3 Å². The number of ether oxygens (including phenoxy) is 1. The van der Waals surface area contributed by atoms with Crippen LogP contribution in [0.15, 0.2) is 0 Å². The van der Waals surface area contributed by atoms with Crippen LogP contribution in [0.5, 0.6) is 0 Å². The first-order valence-electron chi connectivity index (χ1n) is 7.68. The molecule has 0 aromatic heterocycles. The molecule has 120 valence electrons. The zero-order valence-electron chi connectivity index (χ0n) is 13.5. The summed E-state index contributed by atoms with van der Waals surface area (Å²) in [6.07, 6.45) is 1.31. The van der Waals surface area contributed by atoms with Gasteiger partial charge in [-0.2, -0.15) is 0 Å². The molecule has 1 aliphatic heterocycles. The fourth-order valence-corrected chi connectivity index (χ4v) is 3.24. The van der Waals surface area contributed by atoms with E-state index in [1.165, 1.54) is 0 Å². The van der Waals surface area contributed by atoms with Gasteiger partial charge in [-0.15, -0.1) is 0 Å². The van der Waals surface area contributed by atoms with Crippen molar-refractivity contribution in [2.75, 3.05) is 33.3 Å². The third-order valence-electron chi connectivity index (χ3n) is 5.17. The van der Waals surface area contributed by atoms with Gasteiger partial charge in [0.05, 0.1) is 12.6 Å². The van der Waals surface area contributed by atoms with Gasteiger partial charge in [-0.05, 0) is 13.3 Å². The summed E-state index contributed by atoms with van der Waals surface area (Å²) in [5, 5.41) is 0. The Labute approximate surface area is 126 Å². The molecule has 1 saturated carbocycles. The second-order valence-electron chi connectivity index (χ2n) is 6.74. The van der Waals surface area contributed by atoms with Crippen LogP contribution in [0.1, 0.15) is 33.6 Å². The lowest BCUT2D eigenvalue weighted by Crippen LogP contribution is -2.76. The maximum atomic E-state index is 12.8. The molecule has 6 heteroatoms. The van der Waals surface area contributed by atoms with Crippen LogP contribution in [-0.4, -0.2) is 66.5 Å². The molecule has 6 nitrogen and oxygen atoms in total. The van der Waals surface area contributed by atoms with E-state index in [2.05, 4.69) is 0 Å². The predicted octanol–water partition coefficient (Wildman–Crippen LogP) is 0.210. The van der Waals surface area contributed by atoms with Crippen LogP contribution in [0.4, 0.5) is 0 Å². The highest BCUT2D eigenvalue weighted by Crippen LogP contribution is 2.50. The number of rotatable bonds is 3. The standard InChI is InChI=1S/C15H27N3O3/c1-5-21-11-9-15(16,14(11,2)3)13(20)18-8-6-7-17(4)12(19)10-18/h11H,5-10,16H2,1-4H3. The third kappa shape index (κ3) is 2.55. The van der Waals surface area contributed by atoms with Gasteiger partial charge in [0, 0.05) is 38.6 Å². The lowest BCUT2D eigenvalue weighted by molar-refractivity contribution is -0.179. The number of carbonyl (C=O) groups excluding carboxylic acids is 2. The van der Waals surface area contributed by atoms with E-state index in [1.807, 2.05) is 20.8 Å². The van der Waals surface area contributed by atoms with E-state index in [1.54, 1.807) is 16.8 Å². The van der Waals surface area contributed by atoms with Crippen molar-refractivity contribution in [3.8, 4) is 0 Å². The Morgan fingerprint density at radius 2 is 2.10 bits per heavy atom. The molecule has 2 rings (SSSR count). The number of amides is 2. The minimum absolute atomic E-state index is 0.00167. The fourth-order valence-electron chi connectivity index (χ4n) is 3.24. The first kappa shape index (κ1) is 16.2. The van der Waals surface area contributed by atoms with E-state index in [0.29, 0.717) is 26.1 Å². The molecular formula is C15H27N3O3. The van der Waals surface area contributed by atoms with Gasteiger partial charge >= 0.3 is 0 Å². The molecule has 1 saturated heterocycles. The Hall–Kier alpha value is -1.14. The Balaban J connectivity index is 2.11. The highest BCUT2D eigenvalue weighted by molar-refractivity contribution is 5.92. The summed E-state index contributed by atoms with van der Waals surface area (Å²) < 4.78 is 5.66. The van der Waals surface area contributed by atoms with Gasteiger partial charge in [-0.3, -0.25) is 9.59 Å². The van der Waals surface area contributed by atoms with E-state index in [-0.39, 0.29) is 24.5 Å².